The van der Waals surface area contributed by atoms with Crippen molar-refractivity contribution in [2.24, 2.45) is 0 Å². The third-order valence-corrected chi connectivity index (χ3v) is 3.15. The van der Waals surface area contributed by atoms with Gasteiger partial charge in [0.15, 0.2) is 0 Å². The Labute approximate surface area is 46.3 Å². The second-order valence-corrected chi connectivity index (χ2v) is 4.34. The molecule has 0 aromatic heterocycles. The highest BCUT2D eigenvalue weighted by Crippen LogP contribution is 2.33. The van der Waals surface area contributed by atoms with E-state index in [9.17, 15) is 0 Å². The van der Waals surface area contributed by atoms with E-state index in [-0.39, 0.29) is 8.07 Å². The average Bonchev–Trinajstić information content (AvgIpc) is 1.87. The fourth-order valence-corrected chi connectivity index (χ4v) is 2.68. The van der Waals surface area contributed by atoms with Crippen LogP contribution in [0, 0.1) is 0 Å². The summed E-state index contributed by atoms with van der Waals surface area (Å²) in [6.07, 6.45) is 2.82. The zero-order valence-electron chi connectivity index (χ0n) is 4.94. The van der Waals surface area contributed by atoms with Crippen molar-refractivity contribution in [3.63, 3.8) is 0 Å². The predicted molar refractivity (Wildman–Crippen MR) is 34.9 cm³/mol. The maximum absolute atomic E-state index is 3.48. The van der Waals surface area contributed by atoms with Crippen LogP contribution < -0.4 is 5.09 Å². The van der Waals surface area contributed by atoms with Gasteiger partial charge in [-0.05, 0) is 34.2 Å². The molecule has 0 amide bonds. The SMILES string of the molecule is CC1CCP(C)N1. The van der Waals surface area contributed by atoms with E-state index in [0.29, 0.717) is 0 Å². The minimum Gasteiger partial charge on any atom is -0.293 e. The van der Waals surface area contributed by atoms with Crippen LogP contribution in [0.5, 0.6) is 0 Å². The van der Waals surface area contributed by atoms with Gasteiger partial charge < -0.3 is 0 Å². The number of hydrogen-bond acceptors (Lipinski definition) is 1. The van der Waals surface area contributed by atoms with Crippen molar-refractivity contribution in [2.45, 2.75) is 19.4 Å². The van der Waals surface area contributed by atoms with Gasteiger partial charge in [0, 0.05) is 6.04 Å². The molecule has 2 heteroatoms. The van der Waals surface area contributed by atoms with E-state index < -0.39 is 0 Å². The third kappa shape index (κ3) is 1.40. The van der Waals surface area contributed by atoms with E-state index in [4.69, 9.17) is 0 Å². The topological polar surface area (TPSA) is 12.0 Å². The first-order valence-electron chi connectivity index (χ1n) is 2.76. The summed E-state index contributed by atoms with van der Waals surface area (Å²) in [4.78, 5) is 0. The Hall–Kier alpha value is 0.390. The molecule has 0 bridgehead atoms. The molecular formula is C5H12NP. The molecule has 1 heterocycles. The zero-order chi connectivity index (χ0) is 5.28. The Morgan fingerprint density at radius 3 is 2.57 bits per heavy atom. The molecule has 1 N–H and O–H groups in total. The van der Waals surface area contributed by atoms with Gasteiger partial charge in [-0.1, -0.05) is 0 Å². The quantitative estimate of drug-likeness (QED) is 0.473. The Morgan fingerprint density at radius 1 is 1.71 bits per heavy atom. The number of rotatable bonds is 0. The van der Waals surface area contributed by atoms with Crippen LogP contribution in [-0.4, -0.2) is 18.9 Å². The highest BCUT2D eigenvalue weighted by atomic mass is 31.1. The minimum absolute atomic E-state index is 0.246. The van der Waals surface area contributed by atoms with Crippen molar-refractivity contribution in [3.05, 3.63) is 0 Å². The van der Waals surface area contributed by atoms with Gasteiger partial charge >= 0.3 is 0 Å². The summed E-state index contributed by atoms with van der Waals surface area (Å²) < 4.78 is 0. The van der Waals surface area contributed by atoms with Crippen LogP contribution in [-0.2, 0) is 0 Å². The molecule has 1 aliphatic rings. The summed E-state index contributed by atoms with van der Waals surface area (Å²) in [6, 6.07) is 0.802. The molecule has 7 heavy (non-hydrogen) atoms. The lowest BCUT2D eigenvalue weighted by molar-refractivity contribution is 0.707. The minimum atomic E-state index is 0.246. The van der Waals surface area contributed by atoms with E-state index >= 15 is 0 Å². The van der Waals surface area contributed by atoms with Gasteiger partial charge in [-0.25, -0.2) is 0 Å². The van der Waals surface area contributed by atoms with Gasteiger partial charge in [0.05, 0.1) is 0 Å². The molecule has 0 aliphatic carbocycles. The van der Waals surface area contributed by atoms with Crippen LogP contribution >= 0.6 is 8.07 Å². The van der Waals surface area contributed by atoms with Crippen molar-refractivity contribution >= 4 is 8.07 Å². The maximum Gasteiger partial charge on any atom is 0.00787 e. The molecular weight excluding hydrogens is 105 g/mol. The molecule has 0 saturated carbocycles. The van der Waals surface area contributed by atoms with E-state index in [1.165, 1.54) is 12.6 Å². The molecule has 1 aliphatic heterocycles. The van der Waals surface area contributed by atoms with Crippen LogP contribution in [0.25, 0.3) is 0 Å². The van der Waals surface area contributed by atoms with E-state index in [1.54, 1.807) is 0 Å². The molecule has 1 nitrogen and oxygen atoms in total. The van der Waals surface area contributed by atoms with Gasteiger partial charge in [0.25, 0.3) is 0 Å². The van der Waals surface area contributed by atoms with Gasteiger partial charge in [-0.3, -0.25) is 5.09 Å². The van der Waals surface area contributed by atoms with Crippen LogP contribution in [0.4, 0.5) is 0 Å². The largest absolute Gasteiger partial charge is 0.293 e. The smallest absolute Gasteiger partial charge is 0.00787 e. The molecule has 2 atom stereocenters. The molecule has 0 aromatic rings. The Bertz CT molecular complexity index is 57.1. The maximum atomic E-state index is 3.48. The second kappa shape index (κ2) is 2.11. The molecule has 1 saturated heterocycles. The molecule has 1 rings (SSSR count). The van der Waals surface area contributed by atoms with E-state index in [0.717, 1.165) is 6.04 Å². The number of hydrogen-bond donors (Lipinski definition) is 1. The average molecular weight is 117 g/mol. The second-order valence-electron chi connectivity index (χ2n) is 2.24. The van der Waals surface area contributed by atoms with Gasteiger partial charge in [0.2, 0.25) is 0 Å². The normalized spacial score (nSPS) is 42.0. The molecule has 0 aromatic carbocycles. The Morgan fingerprint density at radius 2 is 2.43 bits per heavy atom. The van der Waals surface area contributed by atoms with Crippen LogP contribution in [0.3, 0.4) is 0 Å². The predicted octanol–water partition coefficient (Wildman–Crippen LogP) is 1.39. The van der Waals surface area contributed by atoms with Crippen LogP contribution in [0.2, 0.25) is 0 Å². The third-order valence-electron chi connectivity index (χ3n) is 1.34. The fraction of sp³-hybridized carbons (Fsp3) is 1.00. The van der Waals surface area contributed by atoms with Crippen molar-refractivity contribution in [2.75, 3.05) is 12.8 Å². The van der Waals surface area contributed by atoms with E-state index in [1.807, 2.05) is 0 Å². The zero-order valence-corrected chi connectivity index (χ0v) is 5.83. The molecule has 0 spiro atoms. The molecule has 0 radical (unpaired) electrons. The number of nitrogens with one attached hydrogen (secondary N) is 1. The summed E-state index contributed by atoms with van der Waals surface area (Å²) in [5, 5.41) is 3.48. The fourth-order valence-electron chi connectivity index (χ4n) is 0.893. The molecule has 2 unspecified atom stereocenters. The van der Waals surface area contributed by atoms with Crippen molar-refractivity contribution in [1.29, 1.82) is 0 Å². The lowest BCUT2D eigenvalue weighted by atomic mass is 10.3. The van der Waals surface area contributed by atoms with Crippen molar-refractivity contribution in [3.8, 4) is 0 Å². The summed E-state index contributed by atoms with van der Waals surface area (Å²) in [5.41, 5.74) is 0. The van der Waals surface area contributed by atoms with Crippen LogP contribution in [0.15, 0.2) is 0 Å². The Kier molecular flexibility index (Phi) is 1.66. The highest BCUT2D eigenvalue weighted by Gasteiger charge is 2.14. The van der Waals surface area contributed by atoms with E-state index in [2.05, 4.69) is 18.7 Å². The Balaban J connectivity index is 2.26. The highest BCUT2D eigenvalue weighted by molar-refractivity contribution is 7.55. The van der Waals surface area contributed by atoms with Crippen molar-refractivity contribution < 1.29 is 0 Å². The first-order chi connectivity index (χ1) is 3.29. The van der Waals surface area contributed by atoms with Gasteiger partial charge in [-0.15, -0.1) is 0 Å². The lowest BCUT2D eigenvalue weighted by Gasteiger charge is -2.02. The van der Waals surface area contributed by atoms with Gasteiger partial charge in [-0.2, -0.15) is 0 Å². The first kappa shape index (κ1) is 5.53. The summed E-state index contributed by atoms with van der Waals surface area (Å²) >= 11 is 0. The van der Waals surface area contributed by atoms with Crippen molar-refractivity contribution in [1.82, 2.24) is 5.09 Å². The summed E-state index contributed by atoms with van der Waals surface area (Å²) in [7, 11) is 0.246. The van der Waals surface area contributed by atoms with Gasteiger partial charge in [0.1, 0.15) is 0 Å². The monoisotopic (exact) mass is 117 g/mol. The summed E-state index contributed by atoms with van der Waals surface area (Å²) in [5.74, 6) is 0. The first-order valence-corrected chi connectivity index (χ1v) is 4.74. The molecule has 42 valence electrons. The molecule has 1 fully saturated rings. The summed E-state index contributed by atoms with van der Waals surface area (Å²) in [6.45, 7) is 4.56. The standard InChI is InChI=1S/C5H12NP/c1-5-3-4-7(2)6-5/h5-6H,3-4H2,1-2H3. The van der Waals surface area contributed by atoms with Crippen LogP contribution in [0.1, 0.15) is 13.3 Å². The lowest BCUT2D eigenvalue weighted by Crippen LogP contribution is -2.11.